The maximum absolute atomic E-state index is 9.15. The molecule has 0 radical (unpaired) electrons. The van der Waals surface area contributed by atoms with Gasteiger partial charge in [0.2, 0.25) is 0 Å². The van der Waals surface area contributed by atoms with Crippen molar-refractivity contribution < 1.29 is 5.11 Å². The van der Waals surface area contributed by atoms with Crippen molar-refractivity contribution in [2.24, 2.45) is 5.92 Å². The van der Waals surface area contributed by atoms with Gasteiger partial charge in [-0.15, -0.1) is 0 Å². The highest BCUT2D eigenvalue weighted by molar-refractivity contribution is 5.29. The number of nitrogens with one attached hydrogen (secondary N) is 1. The lowest BCUT2D eigenvalue weighted by atomic mass is 10.0. The normalized spacial score (nSPS) is 21.4. The molecule has 0 aromatic carbocycles. The zero-order valence-corrected chi connectivity index (χ0v) is 11.7. The fourth-order valence-corrected chi connectivity index (χ4v) is 2.90. The summed E-state index contributed by atoms with van der Waals surface area (Å²) >= 11 is 0. The molecule has 2 atom stereocenters. The first-order valence-corrected chi connectivity index (χ1v) is 7.27. The van der Waals surface area contributed by atoms with Gasteiger partial charge < -0.3 is 15.0 Å². The topological polar surface area (TPSA) is 37.2 Å². The van der Waals surface area contributed by atoms with Crippen LogP contribution in [-0.4, -0.2) is 22.8 Å². The van der Waals surface area contributed by atoms with Crippen LogP contribution in [0.15, 0.2) is 12.4 Å². The van der Waals surface area contributed by atoms with Gasteiger partial charge in [0.25, 0.3) is 0 Å². The molecule has 1 aromatic heterocycles. The Morgan fingerprint density at radius 1 is 1.44 bits per heavy atom. The predicted octanol–water partition coefficient (Wildman–Crippen LogP) is 2.49. The van der Waals surface area contributed by atoms with Crippen LogP contribution < -0.4 is 5.32 Å². The molecule has 0 fully saturated rings. The summed E-state index contributed by atoms with van der Waals surface area (Å²) in [4.78, 5) is 0. The molecule has 2 rings (SSSR count). The Morgan fingerprint density at radius 2 is 2.28 bits per heavy atom. The summed E-state index contributed by atoms with van der Waals surface area (Å²) in [5.41, 5.74) is 2.99. The summed E-state index contributed by atoms with van der Waals surface area (Å²) in [6, 6.07) is 0.526. The molecule has 0 bridgehead atoms. The van der Waals surface area contributed by atoms with Crippen LogP contribution in [0.3, 0.4) is 0 Å². The number of hydrogen-bond donors (Lipinski definition) is 2. The minimum Gasteiger partial charge on any atom is -0.396 e. The summed E-state index contributed by atoms with van der Waals surface area (Å²) in [5.74, 6) is 0.332. The summed E-state index contributed by atoms with van der Waals surface area (Å²) < 4.78 is 2.27. The number of aliphatic hydroxyl groups is 1. The molecule has 18 heavy (non-hydrogen) atoms. The standard InChI is InChI=1S/C15H26N2O/c1-3-16-15-7-5-4-6-13-9-17(10-14(13)15)8-12(2)11-18/h9-10,12,15-16,18H,3-8,11H2,1-2H3. The fraction of sp³-hybridized carbons (Fsp3) is 0.733. The Morgan fingerprint density at radius 3 is 3.00 bits per heavy atom. The minimum absolute atomic E-state index is 0.263. The Bertz CT molecular complexity index is 373. The van der Waals surface area contributed by atoms with Gasteiger partial charge in [-0.1, -0.05) is 20.3 Å². The van der Waals surface area contributed by atoms with Crippen LogP contribution in [0.4, 0.5) is 0 Å². The molecule has 0 spiro atoms. The van der Waals surface area contributed by atoms with E-state index in [1.54, 1.807) is 0 Å². The Balaban J connectivity index is 2.16. The number of fused-ring (bicyclic) bond motifs is 1. The van der Waals surface area contributed by atoms with E-state index in [4.69, 9.17) is 5.11 Å². The lowest BCUT2D eigenvalue weighted by Crippen LogP contribution is -2.20. The van der Waals surface area contributed by atoms with Crippen molar-refractivity contribution in [2.75, 3.05) is 13.2 Å². The highest BCUT2D eigenvalue weighted by atomic mass is 16.3. The molecule has 2 N–H and O–H groups in total. The predicted molar refractivity (Wildman–Crippen MR) is 74.7 cm³/mol. The second-order valence-corrected chi connectivity index (χ2v) is 5.58. The Hall–Kier alpha value is -0.800. The van der Waals surface area contributed by atoms with Crippen LogP contribution in [0, 0.1) is 5.92 Å². The SMILES string of the molecule is CCNC1CCCCc2cn(CC(C)CO)cc21. The second-order valence-electron chi connectivity index (χ2n) is 5.58. The molecule has 1 aromatic rings. The fourth-order valence-electron chi connectivity index (χ4n) is 2.90. The maximum Gasteiger partial charge on any atom is 0.0473 e. The zero-order valence-electron chi connectivity index (χ0n) is 11.7. The van der Waals surface area contributed by atoms with E-state index in [0.29, 0.717) is 12.0 Å². The second kappa shape index (κ2) is 6.39. The van der Waals surface area contributed by atoms with Gasteiger partial charge in [0.15, 0.2) is 0 Å². The van der Waals surface area contributed by atoms with Crippen molar-refractivity contribution in [2.45, 2.75) is 52.1 Å². The molecule has 0 aliphatic heterocycles. The first kappa shape index (κ1) is 13.6. The first-order chi connectivity index (χ1) is 8.74. The molecule has 3 nitrogen and oxygen atoms in total. The molecule has 0 amide bonds. The molecule has 3 heteroatoms. The number of rotatable bonds is 5. The monoisotopic (exact) mass is 250 g/mol. The van der Waals surface area contributed by atoms with Crippen molar-refractivity contribution in [1.82, 2.24) is 9.88 Å². The Kier molecular flexibility index (Phi) is 4.84. The largest absolute Gasteiger partial charge is 0.396 e. The summed E-state index contributed by atoms with van der Waals surface area (Å²) in [6.07, 6.45) is 9.66. The molecule has 1 aliphatic carbocycles. The van der Waals surface area contributed by atoms with Gasteiger partial charge in [-0.2, -0.15) is 0 Å². The number of aliphatic hydroxyl groups excluding tert-OH is 1. The van der Waals surface area contributed by atoms with E-state index in [0.717, 1.165) is 13.1 Å². The average Bonchev–Trinajstić information content (AvgIpc) is 2.67. The molecule has 0 saturated heterocycles. The zero-order chi connectivity index (χ0) is 13.0. The van der Waals surface area contributed by atoms with Crippen molar-refractivity contribution in [3.8, 4) is 0 Å². The summed E-state index contributed by atoms with van der Waals surface area (Å²) in [5, 5.41) is 12.8. The lowest BCUT2D eigenvalue weighted by molar-refractivity contribution is 0.223. The molecule has 1 aliphatic rings. The number of aryl methyl sites for hydroxylation is 1. The van der Waals surface area contributed by atoms with Crippen molar-refractivity contribution in [1.29, 1.82) is 0 Å². The van der Waals surface area contributed by atoms with E-state index in [-0.39, 0.29) is 6.61 Å². The van der Waals surface area contributed by atoms with E-state index >= 15 is 0 Å². The van der Waals surface area contributed by atoms with Gasteiger partial charge in [-0.25, -0.2) is 0 Å². The van der Waals surface area contributed by atoms with E-state index < -0.39 is 0 Å². The molecular weight excluding hydrogens is 224 g/mol. The highest BCUT2D eigenvalue weighted by Crippen LogP contribution is 2.29. The lowest BCUT2D eigenvalue weighted by Gasteiger charge is -2.16. The Labute approximate surface area is 110 Å². The third kappa shape index (κ3) is 3.15. The van der Waals surface area contributed by atoms with Gasteiger partial charge in [0.05, 0.1) is 0 Å². The van der Waals surface area contributed by atoms with Crippen molar-refractivity contribution >= 4 is 0 Å². The van der Waals surface area contributed by atoms with Gasteiger partial charge in [-0.05, 0) is 42.9 Å². The highest BCUT2D eigenvalue weighted by Gasteiger charge is 2.20. The van der Waals surface area contributed by atoms with Crippen LogP contribution in [0.25, 0.3) is 0 Å². The smallest absolute Gasteiger partial charge is 0.0473 e. The quantitative estimate of drug-likeness (QED) is 0.788. The molecule has 1 heterocycles. The third-order valence-electron chi connectivity index (χ3n) is 3.85. The van der Waals surface area contributed by atoms with Crippen LogP contribution >= 0.6 is 0 Å². The van der Waals surface area contributed by atoms with Crippen LogP contribution in [0.1, 0.15) is 50.3 Å². The van der Waals surface area contributed by atoms with Gasteiger partial charge >= 0.3 is 0 Å². The summed E-state index contributed by atoms with van der Waals surface area (Å²) in [7, 11) is 0. The van der Waals surface area contributed by atoms with Gasteiger partial charge in [-0.3, -0.25) is 0 Å². The van der Waals surface area contributed by atoms with Crippen LogP contribution in [0.2, 0.25) is 0 Å². The van der Waals surface area contributed by atoms with E-state index in [1.165, 1.54) is 36.8 Å². The van der Waals surface area contributed by atoms with Gasteiger partial charge in [0.1, 0.15) is 0 Å². The van der Waals surface area contributed by atoms with Crippen LogP contribution in [0.5, 0.6) is 0 Å². The molecular formula is C15H26N2O. The van der Waals surface area contributed by atoms with Gasteiger partial charge in [0, 0.05) is 31.6 Å². The van der Waals surface area contributed by atoms with E-state index in [1.807, 2.05) is 0 Å². The van der Waals surface area contributed by atoms with Crippen LogP contribution in [-0.2, 0) is 13.0 Å². The maximum atomic E-state index is 9.15. The number of hydrogen-bond acceptors (Lipinski definition) is 2. The van der Waals surface area contributed by atoms with Crippen molar-refractivity contribution in [3.63, 3.8) is 0 Å². The minimum atomic E-state index is 0.263. The molecule has 102 valence electrons. The number of aromatic nitrogens is 1. The molecule has 2 unspecified atom stereocenters. The van der Waals surface area contributed by atoms with Crippen molar-refractivity contribution in [3.05, 3.63) is 23.5 Å². The first-order valence-electron chi connectivity index (χ1n) is 7.27. The third-order valence-corrected chi connectivity index (χ3v) is 3.85. The summed E-state index contributed by atoms with van der Waals surface area (Å²) in [6.45, 7) is 6.48. The molecule has 0 saturated carbocycles. The van der Waals surface area contributed by atoms with E-state index in [9.17, 15) is 0 Å². The average molecular weight is 250 g/mol. The van der Waals surface area contributed by atoms with E-state index in [2.05, 4.69) is 36.1 Å². The number of nitrogens with zero attached hydrogens (tertiary/aromatic N) is 1.